The van der Waals surface area contributed by atoms with Crippen LogP contribution in [0.15, 0.2) is 0 Å². The van der Waals surface area contributed by atoms with Gasteiger partial charge < -0.3 is 11.1 Å². The molecule has 0 aliphatic heterocycles. The standard InChI is InChI=1S/C13H28N2/c1-3-7-12(10-14)11-15-13(2)8-5-4-6-9-13/h12,15H,3-11,14H2,1-2H3. The van der Waals surface area contributed by atoms with Crippen molar-refractivity contribution in [3.05, 3.63) is 0 Å². The Hall–Kier alpha value is -0.0800. The summed E-state index contributed by atoms with van der Waals surface area (Å²) in [6.45, 7) is 6.56. The van der Waals surface area contributed by atoms with E-state index >= 15 is 0 Å². The van der Waals surface area contributed by atoms with E-state index in [1.54, 1.807) is 0 Å². The zero-order valence-electron chi connectivity index (χ0n) is 10.5. The van der Waals surface area contributed by atoms with Gasteiger partial charge in [0.05, 0.1) is 0 Å². The van der Waals surface area contributed by atoms with Gasteiger partial charge in [-0.2, -0.15) is 0 Å². The van der Waals surface area contributed by atoms with Crippen LogP contribution in [-0.2, 0) is 0 Å². The van der Waals surface area contributed by atoms with Gasteiger partial charge >= 0.3 is 0 Å². The number of nitrogens with one attached hydrogen (secondary N) is 1. The van der Waals surface area contributed by atoms with E-state index < -0.39 is 0 Å². The van der Waals surface area contributed by atoms with Gasteiger partial charge in [-0.15, -0.1) is 0 Å². The first kappa shape index (κ1) is 13.0. The Bertz CT molecular complexity index is 162. The molecule has 0 aromatic heterocycles. The third kappa shape index (κ3) is 4.52. The number of hydrogen-bond donors (Lipinski definition) is 2. The van der Waals surface area contributed by atoms with Crippen molar-refractivity contribution >= 4 is 0 Å². The van der Waals surface area contributed by atoms with Crippen LogP contribution in [0.1, 0.15) is 58.8 Å². The van der Waals surface area contributed by atoms with Crippen LogP contribution in [0, 0.1) is 5.92 Å². The van der Waals surface area contributed by atoms with Gasteiger partial charge in [0.2, 0.25) is 0 Å². The number of rotatable bonds is 6. The molecule has 1 unspecified atom stereocenters. The molecular formula is C13H28N2. The molecule has 0 aromatic carbocycles. The van der Waals surface area contributed by atoms with Crippen molar-refractivity contribution in [2.45, 2.75) is 64.3 Å². The lowest BCUT2D eigenvalue weighted by molar-refractivity contribution is 0.238. The molecule has 2 nitrogen and oxygen atoms in total. The molecule has 0 radical (unpaired) electrons. The summed E-state index contributed by atoms with van der Waals surface area (Å²) in [4.78, 5) is 0. The molecule has 90 valence electrons. The van der Waals surface area contributed by atoms with Gasteiger partial charge in [0.25, 0.3) is 0 Å². The van der Waals surface area contributed by atoms with Crippen LogP contribution in [0.5, 0.6) is 0 Å². The van der Waals surface area contributed by atoms with E-state index in [0.717, 1.165) is 13.1 Å². The minimum atomic E-state index is 0.402. The summed E-state index contributed by atoms with van der Waals surface area (Å²) in [5.74, 6) is 0.675. The highest BCUT2D eigenvalue weighted by atomic mass is 15.0. The Morgan fingerprint density at radius 3 is 2.47 bits per heavy atom. The maximum absolute atomic E-state index is 5.78. The first-order valence-electron chi connectivity index (χ1n) is 6.65. The minimum Gasteiger partial charge on any atom is -0.330 e. The van der Waals surface area contributed by atoms with Crippen molar-refractivity contribution in [1.82, 2.24) is 5.32 Å². The Kier molecular flexibility index (Phi) is 5.62. The summed E-state index contributed by atoms with van der Waals surface area (Å²) in [6.07, 6.45) is 9.41. The fourth-order valence-electron chi connectivity index (χ4n) is 2.61. The molecule has 0 heterocycles. The van der Waals surface area contributed by atoms with E-state index in [1.165, 1.54) is 44.9 Å². The topological polar surface area (TPSA) is 38.0 Å². The molecule has 2 heteroatoms. The smallest absolute Gasteiger partial charge is 0.0153 e. The summed E-state index contributed by atoms with van der Waals surface area (Å²) in [5, 5.41) is 3.75. The second-order valence-corrected chi connectivity index (χ2v) is 5.39. The highest BCUT2D eigenvalue weighted by Gasteiger charge is 2.26. The second kappa shape index (κ2) is 6.49. The van der Waals surface area contributed by atoms with Crippen LogP contribution in [0.25, 0.3) is 0 Å². The molecule has 0 spiro atoms. The quantitative estimate of drug-likeness (QED) is 0.710. The van der Waals surface area contributed by atoms with Crippen molar-refractivity contribution in [2.75, 3.05) is 13.1 Å². The highest BCUT2D eigenvalue weighted by molar-refractivity contribution is 4.86. The monoisotopic (exact) mass is 212 g/mol. The second-order valence-electron chi connectivity index (χ2n) is 5.39. The van der Waals surface area contributed by atoms with Crippen molar-refractivity contribution < 1.29 is 0 Å². The van der Waals surface area contributed by atoms with Gasteiger partial charge in [0.1, 0.15) is 0 Å². The van der Waals surface area contributed by atoms with Crippen LogP contribution in [0.4, 0.5) is 0 Å². The van der Waals surface area contributed by atoms with Gasteiger partial charge in [0, 0.05) is 5.54 Å². The zero-order valence-corrected chi connectivity index (χ0v) is 10.5. The van der Waals surface area contributed by atoms with Crippen molar-refractivity contribution in [2.24, 2.45) is 11.7 Å². The lowest BCUT2D eigenvalue weighted by atomic mass is 9.83. The molecule has 0 aromatic rings. The maximum atomic E-state index is 5.78. The summed E-state index contributed by atoms with van der Waals surface area (Å²) in [7, 11) is 0. The molecule has 0 bridgehead atoms. The molecule has 1 saturated carbocycles. The van der Waals surface area contributed by atoms with Gasteiger partial charge in [-0.25, -0.2) is 0 Å². The van der Waals surface area contributed by atoms with E-state index in [9.17, 15) is 0 Å². The number of hydrogen-bond acceptors (Lipinski definition) is 2. The van der Waals surface area contributed by atoms with Crippen LogP contribution < -0.4 is 11.1 Å². The SMILES string of the molecule is CCCC(CN)CNC1(C)CCCCC1. The fourth-order valence-corrected chi connectivity index (χ4v) is 2.61. The van der Waals surface area contributed by atoms with Gasteiger partial charge in [0.15, 0.2) is 0 Å². The maximum Gasteiger partial charge on any atom is 0.0153 e. The van der Waals surface area contributed by atoms with Gasteiger partial charge in [-0.1, -0.05) is 32.6 Å². The Morgan fingerprint density at radius 1 is 1.27 bits per heavy atom. The lowest BCUT2D eigenvalue weighted by Gasteiger charge is -2.36. The first-order chi connectivity index (χ1) is 7.20. The van der Waals surface area contributed by atoms with Crippen molar-refractivity contribution in [3.63, 3.8) is 0 Å². The highest BCUT2D eigenvalue weighted by Crippen LogP contribution is 2.27. The van der Waals surface area contributed by atoms with Crippen LogP contribution in [0.2, 0.25) is 0 Å². The fraction of sp³-hybridized carbons (Fsp3) is 1.00. The lowest BCUT2D eigenvalue weighted by Crippen LogP contribution is -2.46. The normalized spacial score (nSPS) is 22.6. The molecule has 1 rings (SSSR count). The molecule has 15 heavy (non-hydrogen) atoms. The number of nitrogens with two attached hydrogens (primary N) is 1. The summed E-state index contributed by atoms with van der Waals surface area (Å²) in [5.41, 5.74) is 6.18. The van der Waals surface area contributed by atoms with E-state index in [0.29, 0.717) is 11.5 Å². The molecule has 1 aliphatic carbocycles. The summed E-state index contributed by atoms with van der Waals surface area (Å²) >= 11 is 0. The van der Waals surface area contributed by atoms with Crippen LogP contribution in [-0.4, -0.2) is 18.6 Å². The average Bonchev–Trinajstić information content (AvgIpc) is 2.25. The molecule has 0 saturated heterocycles. The van der Waals surface area contributed by atoms with Crippen molar-refractivity contribution in [3.8, 4) is 0 Å². The Balaban J connectivity index is 2.26. The first-order valence-corrected chi connectivity index (χ1v) is 6.65. The predicted molar refractivity (Wildman–Crippen MR) is 66.9 cm³/mol. The summed E-state index contributed by atoms with van der Waals surface area (Å²) in [6, 6.07) is 0. The minimum absolute atomic E-state index is 0.402. The predicted octanol–water partition coefficient (Wildman–Crippen LogP) is 2.67. The van der Waals surface area contributed by atoms with E-state index in [4.69, 9.17) is 5.73 Å². The van der Waals surface area contributed by atoms with Crippen molar-refractivity contribution in [1.29, 1.82) is 0 Å². The molecule has 1 fully saturated rings. The van der Waals surface area contributed by atoms with Crippen LogP contribution >= 0.6 is 0 Å². The summed E-state index contributed by atoms with van der Waals surface area (Å²) < 4.78 is 0. The largest absolute Gasteiger partial charge is 0.330 e. The Morgan fingerprint density at radius 2 is 1.93 bits per heavy atom. The van der Waals surface area contributed by atoms with Gasteiger partial charge in [-0.05, 0) is 45.2 Å². The van der Waals surface area contributed by atoms with Gasteiger partial charge in [-0.3, -0.25) is 0 Å². The molecule has 3 N–H and O–H groups in total. The Labute approximate surface area is 95.0 Å². The van der Waals surface area contributed by atoms with E-state index in [1.807, 2.05) is 0 Å². The van der Waals surface area contributed by atoms with Crippen LogP contribution in [0.3, 0.4) is 0 Å². The molecular weight excluding hydrogens is 184 g/mol. The third-order valence-electron chi connectivity index (χ3n) is 3.80. The van der Waals surface area contributed by atoms with E-state index in [2.05, 4.69) is 19.2 Å². The average molecular weight is 212 g/mol. The zero-order chi connectivity index (χ0) is 11.1. The molecule has 1 aliphatic rings. The molecule has 0 amide bonds. The van der Waals surface area contributed by atoms with E-state index in [-0.39, 0.29) is 0 Å². The molecule has 1 atom stereocenters. The third-order valence-corrected chi connectivity index (χ3v) is 3.80.